The Hall–Kier alpha value is -3.28. The summed E-state index contributed by atoms with van der Waals surface area (Å²) < 4.78 is 16.8. The minimum Gasteiger partial charge on any atom is -0.497 e. The van der Waals surface area contributed by atoms with Crippen molar-refractivity contribution in [2.45, 2.75) is 39.7 Å². The van der Waals surface area contributed by atoms with Gasteiger partial charge in [-0.05, 0) is 42.7 Å². The summed E-state index contributed by atoms with van der Waals surface area (Å²) in [6, 6.07) is 11.6. The topological polar surface area (TPSA) is 60.4 Å². The molecule has 0 aliphatic carbocycles. The second-order valence-corrected chi connectivity index (χ2v) is 7.50. The lowest BCUT2D eigenvalue weighted by Gasteiger charge is -2.25. The van der Waals surface area contributed by atoms with Gasteiger partial charge >= 0.3 is 0 Å². The molecule has 2 aromatic rings. The van der Waals surface area contributed by atoms with Gasteiger partial charge in [-0.2, -0.15) is 5.10 Å². The number of methoxy groups -OCH3 is 2. The van der Waals surface area contributed by atoms with Gasteiger partial charge in [-0.1, -0.05) is 31.2 Å². The van der Waals surface area contributed by atoms with Crippen LogP contribution in [0.25, 0.3) is 12.2 Å². The van der Waals surface area contributed by atoms with Crippen molar-refractivity contribution in [3.63, 3.8) is 0 Å². The first-order valence-electron chi connectivity index (χ1n) is 10.5. The fourth-order valence-electron chi connectivity index (χ4n) is 3.66. The summed E-state index contributed by atoms with van der Waals surface area (Å²) in [6.07, 6.45) is 5.69. The summed E-state index contributed by atoms with van der Waals surface area (Å²) in [6.45, 7) is 6.26. The van der Waals surface area contributed by atoms with Crippen LogP contribution in [0, 0.1) is 0 Å². The van der Waals surface area contributed by atoms with Gasteiger partial charge in [0.2, 0.25) is 5.91 Å². The van der Waals surface area contributed by atoms with Crippen LogP contribution in [0.2, 0.25) is 0 Å². The van der Waals surface area contributed by atoms with E-state index in [9.17, 15) is 4.79 Å². The summed E-state index contributed by atoms with van der Waals surface area (Å²) in [5.74, 6) is 2.12. The van der Waals surface area contributed by atoms with E-state index in [4.69, 9.17) is 14.2 Å². The molecule has 1 amide bonds. The molecule has 1 unspecified atom stereocenters. The maximum absolute atomic E-state index is 12.2. The van der Waals surface area contributed by atoms with Crippen LogP contribution in [0.1, 0.15) is 56.3 Å². The third kappa shape index (κ3) is 5.26. The molecule has 1 aliphatic heterocycles. The van der Waals surface area contributed by atoms with Gasteiger partial charge in [0.1, 0.15) is 17.2 Å². The highest BCUT2D eigenvalue weighted by atomic mass is 16.5. The predicted molar refractivity (Wildman–Crippen MR) is 124 cm³/mol. The van der Waals surface area contributed by atoms with Crippen LogP contribution in [0.15, 0.2) is 41.5 Å². The molecule has 1 heterocycles. The Kier molecular flexibility index (Phi) is 7.34. The minimum atomic E-state index is -0.220. The lowest BCUT2D eigenvalue weighted by molar-refractivity contribution is -0.130. The Morgan fingerprint density at radius 2 is 1.87 bits per heavy atom. The molecule has 6 heteroatoms. The molecule has 1 atom stereocenters. The first kappa shape index (κ1) is 22.4. The van der Waals surface area contributed by atoms with Crippen LogP contribution in [0.4, 0.5) is 0 Å². The summed E-state index contributed by atoms with van der Waals surface area (Å²) >= 11 is 0. The van der Waals surface area contributed by atoms with Gasteiger partial charge < -0.3 is 14.2 Å². The van der Waals surface area contributed by atoms with Crippen molar-refractivity contribution in [1.82, 2.24) is 5.01 Å². The lowest BCUT2D eigenvalue weighted by atomic mass is 9.94. The normalized spacial score (nSPS) is 15.8. The van der Waals surface area contributed by atoms with E-state index in [1.165, 1.54) is 11.9 Å². The smallest absolute Gasteiger partial charge is 0.240 e. The molecule has 0 fully saturated rings. The van der Waals surface area contributed by atoms with Crippen molar-refractivity contribution in [1.29, 1.82) is 0 Å². The molecular weight excluding hydrogens is 392 g/mol. The van der Waals surface area contributed by atoms with E-state index in [0.717, 1.165) is 34.6 Å². The number of carbonyl (C=O) groups is 1. The Morgan fingerprint density at radius 3 is 2.48 bits per heavy atom. The molecule has 3 rings (SSSR count). The molecule has 1 aliphatic rings. The Morgan fingerprint density at radius 1 is 1.13 bits per heavy atom. The zero-order valence-corrected chi connectivity index (χ0v) is 18.8. The molecule has 6 nitrogen and oxygen atoms in total. The summed E-state index contributed by atoms with van der Waals surface area (Å²) in [7, 11) is 3.25. The van der Waals surface area contributed by atoms with E-state index in [2.05, 4.69) is 12.0 Å². The molecule has 0 bridgehead atoms. The van der Waals surface area contributed by atoms with E-state index < -0.39 is 0 Å². The third-order valence-corrected chi connectivity index (χ3v) is 5.13. The van der Waals surface area contributed by atoms with Crippen LogP contribution in [-0.2, 0) is 4.79 Å². The van der Waals surface area contributed by atoms with E-state index in [1.807, 2.05) is 55.5 Å². The summed E-state index contributed by atoms with van der Waals surface area (Å²) in [4.78, 5) is 12.2. The van der Waals surface area contributed by atoms with Crippen LogP contribution < -0.4 is 14.2 Å². The first-order valence-corrected chi connectivity index (χ1v) is 10.5. The molecule has 31 heavy (non-hydrogen) atoms. The van der Waals surface area contributed by atoms with Crippen molar-refractivity contribution in [2.24, 2.45) is 5.10 Å². The fourth-order valence-corrected chi connectivity index (χ4v) is 3.66. The van der Waals surface area contributed by atoms with E-state index in [1.54, 1.807) is 14.2 Å². The van der Waals surface area contributed by atoms with Gasteiger partial charge in [-0.15, -0.1) is 0 Å². The highest BCUT2D eigenvalue weighted by Crippen LogP contribution is 2.41. The molecule has 0 N–H and O–H groups in total. The van der Waals surface area contributed by atoms with Crippen LogP contribution in [-0.4, -0.2) is 37.5 Å². The Balaban J connectivity index is 1.99. The number of amides is 1. The number of hydrogen-bond acceptors (Lipinski definition) is 5. The SMILES string of the molecule is CCCOc1ccc(/C=C/c2cc(OC)cc(OC)c2C2CC(C)=NN2C(C)=O)cc1. The minimum absolute atomic E-state index is 0.0997. The van der Waals surface area contributed by atoms with Crippen molar-refractivity contribution < 1.29 is 19.0 Å². The standard InChI is InChI=1S/C25H30N2O4/c1-6-13-31-21-11-8-19(9-12-21)7-10-20-15-22(29-4)16-24(30-5)25(20)23-14-17(2)26-27(23)18(3)28/h7-12,15-16,23H,6,13-14H2,1-5H3/b10-7+. The largest absolute Gasteiger partial charge is 0.497 e. The predicted octanol–water partition coefficient (Wildman–Crippen LogP) is 5.33. The molecule has 0 saturated carbocycles. The number of hydrazone groups is 1. The van der Waals surface area contributed by atoms with E-state index >= 15 is 0 Å². The fraction of sp³-hybridized carbons (Fsp3) is 0.360. The molecular formula is C25H30N2O4. The zero-order chi connectivity index (χ0) is 22.4. The number of ether oxygens (including phenoxy) is 3. The van der Waals surface area contributed by atoms with Gasteiger partial charge in [0.15, 0.2) is 0 Å². The van der Waals surface area contributed by atoms with Crippen LogP contribution in [0.5, 0.6) is 17.2 Å². The Labute approximate surface area is 184 Å². The zero-order valence-electron chi connectivity index (χ0n) is 18.8. The maximum Gasteiger partial charge on any atom is 0.240 e. The number of benzene rings is 2. The second-order valence-electron chi connectivity index (χ2n) is 7.50. The summed E-state index contributed by atoms with van der Waals surface area (Å²) in [5, 5.41) is 5.97. The van der Waals surface area contributed by atoms with Crippen LogP contribution in [0.3, 0.4) is 0 Å². The monoisotopic (exact) mass is 422 g/mol. The second kappa shape index (κ2) is 10.2. The maximum atomic E-state index is 12.2. The average Bonchev–Trinajstić information content (AvgIpc) is 3.17. The average molecular weight is 423 g/mol. The van der Waals surface area contributed by atoms with Gasteiger partial charge in [-0.3, -0.25) is 4.79 Å². The number of rotatable bonds is 8. The van der Waals surface area contributed by atoms with Crippen molar-refractivity contribution in [2.75, 3.05) is 20.8 Å². The molecule has 0 radical (unpaired) electrons. The number of hydrogen-bond donors (Lipinski definition) is 0. The third-order valence-electron chi connectivity index (χ3n) is 5.13. The lowest BCUT2D eigenvalue weighted by Crippen LogP contribution is -2.25. The van der Waals surface area contributed by atoms with Crippen molar-refractivity contribution in [3.05, 3.63) is 53.1 Å². The van der Waals surface area contributed by atoms with E-state index in [0.29, 0.717) is 24.5 Å². The molecule has 0 saturated heterocycles. The number of carbonyl (C=O) groups excluding carboxylic acids is 1. The van der Waals surface area contributed by atoms with Crippen molar-refractivity contribution in [3.8, 4) is 17.2 Å². The number of nitrogens with zero attached hydrogens (tertiary/aromatic N) is 2. The van der Waals surface area contributed by atoms with Gasteiger partial charge in [0, 0.05) is 30.7 Å². The first-order chi connectivity index (χ1) is 15.0. The quantitative estimate of drug-likeness (QED) is 0.539. The highest BCUT2D eigenvalue weighted by molar-refractivity contribution is 5.88. The molecule has 0 aromatic heterocycles. The highest BCUT2D eigenvalue weighted by Gasteiger charge is 2.33. The van der Waals surface area contributed by atoms with Crippen molar-refractivity contribution >= 4 is 23.8 Å². The summed E-state index contributed by atoms with van der Waals surface area (Å²) in [5.41, 5.74) is 3.79. The molecule has 164 valence electrons. The molecule has 0 spiro atoms. The van der Waals surface area contributed by atoms with E-state index in [-0.39, 0.29) is 11.9 Å². The van der Waals surface area contributed by atoms with Gasteiger partial charge in [0.05, 0.1) is 26.9 Å². The molecule has 2 aromatic carbocycles. The van der Waals surface area contributed by atoms with Crippen LogP contribution >= 0.6 is 0 Å². The van der Waals surface area contributed by atoms with Gasteiger partial charge in [0.25, 0.3) is 0 Å². The van der Waals surface area contributed by atoms with Gasteiger partial charge in [-0.25, -0.2) is 5.01 Å². The Bertz CT molecular complexity index is 980.